The molecule has 13 heavy (non-hydrogen) atoms. The van der Waals surface area contributed by atoms with Gasteiger partial charge in [0.1, 0.15) is 13.5 Å². The summed E-state index contributed by atoms with van der Waals surface area (Å²) in [6.07, 6.45) is 0. The van der Waals surface area contributed by atoms with E-state index in [1.54, 1.807) is 18.2 Å². The Morgan fingerprint density at radius 1 is 1.31 bits per heavy atom. The van der Waals surface area contributed by atoms with E-state index in [1.165, 1.54) is 4.90 Å². The van der Waals surface area contributed by atoms with Gasteiger partial charge in [0.15, 0.2) is 0 Å². The summed E-state index contributed by atoms with van der Waals surface area (Å²) in [5, 5.41) is 18.1. The van der Waals surface area contributed by atoms with Gasteiger partial charge in [-0.15, -0.1) is 0 Å². The maximum absolute atomic E-state index is 8.83. The van der Waals surface area contributed by atoms with Gasteiger partial charge in [-0.05, 0) is 18.2 Å². The SMILES string of the molecule is Nc1ccc(N(CO)CO)cc1Cl. The van der Waals surface area contributed by atoms with Crippen molar-refractivity contribution < 1.29 is 10.2 Å². The lowest BCUT2D eigenvalue weighted by atomic mass is 10.2. The smallest absolute Gasteiger partial charge is 0.117 e. The summed E-state index contributed by atoms with van der Waals surface area (Å²) < 4.78 is 0. The van der Waals surface area contributed by atoms with Crippen molar-refractivity contribution in [3.05, 3.63) is 23.2 Å². The lowest BCUT2D eigenvalue weighted by Crippen LogP contribution is -2.24. The normalized spacial score (nSPS) is 10.1. The van der Waals surface area contributed by atoms with Crippen LogP contribution in [0.1, 0.15) is 0 Å². The van der Waals surface area contributed by atoms with E-state index in [4.69, 9.17) is 27.5 Å². The van der Waals surface area contributed by atoms with E-state index in [0.29, 0.717) is 16.4 Å². The monoisotopic (exact) mass is 202 g/mol. The first kappa shape index (κ1) is 10.1. The third kappa shape index (κ3) is 2.24. The van der Waals surface area contributed by atoms with Gasteiger partial charge >= 0.3 is 0 Å². The van der Waals surface area contributed by atoms with Crippen LogP contribution in [0.3, 0.4) is 0 Å². The van der Waals surface area contributed by atoms with Gasteiger partial charge in [0.25, 0.3) is 0 Å². The fraction of sp³-hybridized carbons (Fsp3) is 0.250. The maximum atomic E-state index is 8.83. The van der Waals surface area contributed by atoms with Gasteiger partial charge in [-0.3, -0.25) is 0 Å². The molecule has 1 rings (SSSR count). The quantitative estimate of drug-likeness (QED) is 0.497. The number of hydrogen-bond acceptors (Lipinski definition) is 4. The van der Waals surface area contributed by atoms with Crippen LogP contribution in [-0.4, -0.2) is 23.7 Å². The molecule has 0 amide bonds. The molecule has 0 fully saturated rings. The van der Waals surface area contributed by atoms with E-state index >= 15 is 0 Å². The van der Waals surface area contributed by atoms with E-state index in [2.05, 4.69) is 0 Å². The van der Waals surface area contributed by atoms with Crippen LogP contribution in [-0.2, 0) is 0 Å². The van der Waals surface area contributed by atoms with Crippen LogP contribution in [0.2, 0.25) is 5.02 Å². The van der Waals surface area contributed by atoms with Crippen LogP contribution >= 0.6 is 11.6 Å². The first-order valence-electron chi connectivity index (χ1n) is 3.70. The summed E-state index contributed by atoms with van der Waals surface area (Å²) in [7, 11) is 0. The molecule has 4 N–H and O–H groups in total. The van der Waals surface area contributed by atoms with Crippen molar-refractivity contribution >= 4 is 23.0 Å². The number of nitrogen functional groups attached to an aromatic ring is 1. The van der Waals surface area contributed by atoms with Crippen LogP contribution < -0.4 is 10.6 Å². The molecule has 0 aliphatic heterocycles. The molecule has 0 unspecified atom stereocenters. The van der Waals surface area contributed by atoms with Crippen LogP contribution in [0, 0.1) is 0 Å². The van der Waals surface area contributed by atoms with E-state index < -0.39 is 0 Å². The highest BCUT2D eigenvalue weighted by Crippen LogP contribution is 2.24. The fourth-order valence-electron chi connectivity index (χ4n) is 0.921. The maximum Gasteiger partial charge on any atom is 0.117 e. The van der Waals surface area contributed by atoms with Crippen molar-refractivity contribution in [3.63, 3.8) is 0 Å². The number of anilines is 2. The van der Waals surface area contributed by atoms with Gasteiger partial charge in [-0.1, -0.05) is 11.6 Å². The summed E-state index contributed by atoms with van der Waals surface area (Å²) in [4.78, 5) is 1.34. The minimum absolute atomic E-state index is 0.267. The summed E-state index contributed by atoms with van der Waals surface area (Å²) >= 11 is 5.76. The molecule has 0 spiro atoms. The summed E-state index contributed by atoms with van der Waals surface area (Å²) in [6, 6.07) is 4.88. The number of rotatable bonds is 3. The molecule has 0 saturated carbocycles. The van der Waals surface area contributed by atoms with Gasteiger partial charge in [0.05, 0.1) is 10.7 Å². The summed E-state index contributed by atoms with van der Waals surface area (Å²) in [5.41, 5.74) is 6.60. The van der Waals surface area contributed by atoms with Crippen molar-refractivity contribution in [2.75, 3.05) is 24.1 Å². The third-order valence-electron chi connectivity index (χ3n) is 1.69. The Morgan fingerprint density at radius 3 is 2.38 bits per heavy atom. The molecule has 0 aromatic heterocycles. The fourth-order valence-corrected chi connectivity index (χ4v) is 1.10. The minimum Gasteiger partial charge on any atom is -0.398 e. The standard InChI is InChI=1S/C8H11ClN2O2/c9-7-3-6(1-2-8(7)10)11(4-12)5-13/h1-3,12-13H,4-5,10H2. The molecule has 0 atom stereocenters. The molecule has 1 aromatic rings. The highest BCUT2D eigenvalue weighted by atomic mass is 35.5. The lowest BCUT2D eigenvalue weighted by molar-refractivity contribution is 0.223. The minimum atomic E-state index is -0.267. The van der Waals surface area contributed by atoms with Crippen molar-refractivity contribution in [2.45, 2.75) is 0 Å². The first-order valence-corrected chi connectivity index (χ1v) is 4.08. The Kier molecular flexibility index (Phi) is 3.36. The number of nitrogens with zero attached hydrogens (tertiary/aromatic N) is 1. The van der Waals surface area contributed by atoms with Crippen LogP contribution in [0.5, 0.6) is 0 Å². The Hall–Kier alpha value is -0.970. The number of nitrogens with two attached hydrogens (primary N) is 1. The molecule has 0 saturated heterocycles. The molecule has 1 aromatic carbocycles. The van der Waals surface area contributed by atoms with Crippen molar-refractivity contribution in [3.8, 4) is 0 Å². The van der Waals surface area contributed by atoms with Crippen molar-refractivity contribution in [1.82, 2.24) is 0 Å². The second kappa shape index (κ2) is 4.32. The van der Waals surface area contributed by atoms with Crippen LogP contribution in [0.25, 0.3) is 0 Å². The third-order valence-corrected chi connectivity index (χ3v) is 2.02. The second-order valence-electron chi connectivity index (χ2n) is 2.53. The molecule has 72 valence electrons. The Morgan fingerprint density at radius 2 is 1.92 bits per heavy atom. The van der Waals surface area contributed by atoms with Gasteiger partial charge in [0, 0.05) is 5.69 Å². The molecule has 0 heterocycles. The molecule has 0 aliphatic carbocycles. The molecular weight excluding hydrogens is 192 g/mol. The zero-order valence-electron chi connectivity index (χ0n) is 6.94. The van der Waals surface area contributed by atoms with Crippen LogP contribution in [0.15, 0.2) is 18.2 Å². The van der Waals surface area contributed by atoms with Crippen molar-refractivity contribution in [2.24, 2.45) is 0 Å². The predicted molar refractivity (Wildman–Crippen MR) is 52.5 cm³/mol. The van der Waals surface area contributed by atoms with E-state index in [-0.39, 0.29) is 13.5 Å². The zero-order valence-corrected chi connectivity index (χ0v) is 7.70. The Bertz CT molecular complexity index is 289. The number of hydrogen-bond donors (Lipinski definition) is 3. The number of halogens is 1. The first-order chi connectivity index (χ1) is 6.19. The second-order valence-corrected chi connectivity index (χ2v) is 2.94. The average Bonchev–Trinajstić information content (AvgIpc) is 2.13. The highest BCUT2D eigenvalue weighted by Gasteiger charge is 2.04. The highest BCUT2D eigenvalue weighted by molar-refractivity contribution is 6.33. The summed E-state index contributed by atoms with van der Waals surface area (Å²) in [6.45, 7) is -0.534. The zero-order chi connectivity index (χ0) is 9.84. The number of benzene rings is 1. The predicted octanol–water partition coefficient (Wildman–Crippen LogP) is 0.628. The van der Waals surface area contributed by atoms with Gasteiger partial charge < -0.3 is 20.8 Å². The number of aliphatic hydroxyl groups excluding tert-OH is 2. The molecule has 0 aliphatic rings. The van der Waals surface area contributed by atoms with E-state index in [9.17, 15) is 0 Å². The lowest BCUT2D eigenvalue weighted by Gasteiger charge is -2.19. The average molecular weight is 203 g/mol. The van der Waals surface area contributed by atoms with E-state index in [1.807, 2.05) is 0 Å². The van der Waals surface area contributed by atoms with Gasteiger partial charge in [0.2, 0.25) is 0 Å². The number of aliphatic hydroxyl groups is 2. The topological polar surface area (TPSA) is 69.7 Å². The van der Waals surface area contributed by atoms with E-state index in [0.717, 1.165) is 0 Å². The molecule has 5 heteroatoms. The summed E-state index contributed by atoms with van der Waals surface area (Å²) in [5.74, 6) is 0. The van der Waals surface area contributed by atoms with Crippen LogP contribution in [0.4, 0.5) is 11.4 Å². The van der Waals surface area contributed by atoms with Crippen molar-refractivity contribution in [1.29, 1.82) is 0 Å². The molecule has 0 radical (unpaired) electrons. The Balaban J connectivity index is 2.95. The molecular formula is C8H11ClN2O2. The molecule has 0 bridgehead atoms. The Labute approximate surface area is 81.2 Å². The largest absolute Gasteiger partial charge is 0.398 e. The van der Waals surface area contributed by atoms with Gasteiger partial charge in [-0.25, -0.2) is 0 Å². The van der Waals surface area contributed by atoms with Gasteiger partial charge in [-0.2, -0.15) is 0 Å². The molecule has 4 nitrogen and oxygen atoms in total.